The second-order valence-electron chi connectivity index (χ2n) is 8.69. The topological polar surface area (TPSA) is 0 Å². The van der Waals surface area contributed by atoms with Gasteiger partial charge in [0, 0.05) is 0 Å². The predicted octanol–water partition coefficient (Wildman–Crippen LogP) is 7.69. The Morgan fingerprint density at radius 1 is 0.920 bits per heavy atom. The number of benzene rings is 1. The molecule has 0 heterocycles. The molecule has 0 bridgehead atoms. The lowest BCUT2D eigenvalue weighted by molar-refractivity contribution is 0.229. The van der Waals surface area contributed by atoms with Crippen LogP contribution in [0.3, 0.4) is 0 Å². The first-order valence-corrected chi connectivity index (χ1v) is 11.0. The molecule has 2 unspecified atom stereocenters. The normalized spacial score (nSPS) is 30.2. The standard InChI is InChI=1S/C25H38/c1-3-5-6-8-20-9-12-22(13-10-20)23-15-17-24(18-16-23)25-14-11-21(19-25)7-4-2/h3,5,9-10,12-13,21,23-25H,4,6-8,11,14-19H2,1-2H3/b5-3+. The first-order valence-electron chi connectivity index (χ1n) is 11.0. The number of allylic oxidation sites excluding steroid dienone is 2. The summed E-state index contributed by atoms with van der Waals surface area (Å²) in [6, 6.07) is 9.58. The van der Waals surface area contributed by atoms with E-state index >= 15 is 0 Å². The van der Waals surface area contributed by atoms with Crippen LogP contribution in [0.4, 0.5) is 0 Å². The van der Waals surface area contributed by atoms with Crippen LogP contribution in [-0.4, -0.2) is 0 Å². The van der Waals surface area contributed by atoms with Crippen molar-refractivity contribution in [1.29, 1.82) is 0 Å². The summed E-state index contributed by atoms with van der Waals surface area (Å²) < 4.78 is 0. The molecule has 0 aliphatic heterocycles. The van der Waals surface area contributed by atoms with Gasteiger partial charge >= 0.3 is 0 Å². The quantitative estimate of drug-likeness (QED) is 0.447. The maximum absolute atomic E-state index is 2.42. The third-order valence-corrected chi connectivity index (χ3v) is 7.00. The van der Waals surface area contributed by atoms with E-state index in [-0.39, 0.29) is 0 Å². The van der Waals surface area contributed by atoms with Gasteiger partial charge in [0.15, 0.2) is 0 Å². The van der Waals surface area contributed by atoms with E-state index in [2.05, 4.69) is 50.3 Å². The molecule has 0 spiro atoms. The third kappa shape index (κ3) is 5.22. The number of hydrogen-bond acceptors (Lipinski definition) is 0. The van der Waals surface area contributed by atoms with Crippen molar-refractivity contribution >= 4 is 0 Å². The van der Waals surface area contributed by atoms with E-state index in [1.807, 2.05) is 0 Å². The molecular formula is C25H38. The van der Waals surface area contributed by atoms with Gasteiger partial charge in [0.05, 0.1) is 0 Å². The molecule has 0 amide bonds. The fourth-order valence-corrected chi connectivity index (χ4v) is 5.51. The minimum atomic E-state index is 0.827. The molecule has 0 aromatic heterocycles. The second kappa shape index (κ2) is 9.60. The van der Waals surface area contributed by atoms with Gasteiger partial charge in [-0.15, -0.1) is 0 Å². The molecule has 1 aromatic carbocycles. The lowest BCUT2D eigenvalue weighted by Gasteiger charge is -2.32. The average molecular weight is 339 g/mol. The van der Waals surface area contributed by atoms with E-state index in [9.17, 15) is 0 Å². The Labute approximate surface area is 156 Å². The van der Waals surface area contributed by atoms with Crippen LogP contribution in [0.15, 0.2) is 36.4 Å². The molecule has 0 radical (unpaired) electrons. The summed E-state index contributed by atoms with van der Waals surface area (Å²) in [5.41, 5.74) is 3.09. The smallest absolute Gasteiger partial charge is 0.0162 e. The van der Waals surface area contributed by atoms with Gasteiger partial charge in [-0.2, -0.15) is 0 Å². The fraction of sp³-hybridized carbons (Fsp3) is 0.680. The van der Waals surface area contributed by atoms with Gasteiger partial charge in [-0.25, -0.2) is 0 Å². The minimum absolute atomic E-state index is 0.827. The highest BCUT2D eigenvalue weighted by Gasteiger charge is 2.33. The number of hydrogen-bond donors (Lipinski definition) is 0. The van der Waals surface area contributed by atoms with Gasteiger partial charge in [0.1, 0.15) is 0 Å². The Bertz CT molecular complexity index is 515. The lowest BCUT2D eigenvalue weighted by atomic mass is 9.73. The maximum Gasteiger partial charge on any atom is -0.0162 e. The van der Waals surface area contributed by atoms with E-state index in [0.29, 0.717) is 0 Å². The van der Waals surface area contributed by atoms with Gasteiger partial charge in [0.25, 0.3) is 0 Å². The summed E-state index contributed by atoms with van der Waals surface area (Å²) in [5.74, 6) is 3.99. The van der Waals surface area contributed by atoms with Crippen LogP contribution < -0.4 is 0 Å². The van der Waals surface area contributed by atoms with E-state index in [1.54, 1.807) is 12.0 Å². The van der Waals surface area contributed by atoms with E-state index < -0.39 is 0 Å². The number of rotatable bonds is 7. The Hall–Kier alpha value is -1.04. The van der Waals surface area contributed by atoms with Crippen molar-refractivity contribution < 1.29 is 0 Å². The van der Waals surface area contributed by atoms with E-state index in [1.165, 1.54) is 69.8 Å². The molecule has 1 aromatic rings. The van der Waals surface area contributed by atoms with Gasteiger partial charge in [-0.1, -0.05) is 62.6 Å². The van der Waals surface area contributed by atoms with Gasteiger partial charge in [0.2, 0.25) is 0 Å². The van der Waals surface area contributed by atoms with Crippen molar-refractivity contribution in [2.75, 3.05) is 0 Å². The summed E-state index contributed by atoms with van der Waals surface area (Å²) in [7, 11) is 0. The Kier molecular flexibility index (Phi) is 7.20. The zero-order valence-electron chi connectivity index (χ0n) is 16.6. The zero-order valence-corrected chi connectivity index (χ0v) is 16.6. The average Bonchev–Trinajstić information content (AvgIpc) is 3.12. The van der Waals surface area contributed by atoms with Crippen LogP contribution in [0.5, 0.6) is 0 Å². The lowest BCUT2D eigenvalue weighted by Crippen LogP contribution is -2.19. The highest BCUT2D eigenvalue weighted by atomic mass is 14.4. The predicted molar refractivity (Wildman–Crippen MR) is 110 cm³/mol. The molecule has 2 saturated carbocycles. The molecule has 2 fully saturated rings. The monoisotopic (exact) mass is 338 g/mol. The van der Waals surface area contributed by atoms with Gasteiger partial charge in [-0.05, 0) is 93.1 Å². The fourth-order valence-electron chi connectivity index (χ4n) is 5.51. The van der Waals surface area contributed by atoms with Crippen molar-refractivity contribution in [3.8, 4) is 0 Å². The van der Waals surface area contributed by atoms with Crippen molar-refractivity contribution in [1.82, 2.24) is 0 Å². The largest absolute Gasteiger partial charge is 0.0917 e. The van der Waals surface area contributed by atoms with Crippen molar-refractivity contribution in [3.05, 3.63) is 47.5 Å². The van der Waals surface area contributed by atoms with Crippen LogP contribution in [0.25, 0.3) is 0 Å². The summed E-state index contributed by atoms with van der Waals surface area (Å²) in [4.78, 5) is 0. The summed E-state index contributed by atoms with van der Waals surface area (Å²) in [6.45, 7) is 4.46. The molecule has 2 aliphatic carbocycles. The molecule has 138 valence electrons. The molecule has 25 heavy (non-hydrogen) atoms. The molecule has 3 rings (SSSR count). The second-order valence-corrected chi connectivity index (χ2v) is 8.69. The van der Waals surface area contributed by atoms with E-state index in [0.717, 1.165) is 23.7 Å². The molecule has 0 heteroatoms. The maximum atomic E-state index is 2.42. The summed E-state index contributed by atoms with van der Waals surface area (Å²) in [6.07, 6.45) is 20.0. The van der Waals surface area contributed by atoms with Gasteiger partial charge in [-0.3, -0.25) is 0 Å². The Morgan fingerprint density at radius 2 is 1.64 bits per heavy atom. The first kappa shape index (κ1) is 18.7. The minimum Gasteiger partial charge on any atom is -0.0917 e. The zero-order chi connectivity index (χ0) is 17.5. The van der Waals surface area contributed by atoms with Crippen LogP contribution in [-0.2, 0) is 6.42 Å². The molecule has 2 atom stereocenters. The summed E-state index contributed by atoms with van der Waals surface area (Å²) >= 11 is 0. The number of aryl methyl sites for hydroxylation is 1. The highest BCUT2D eigenvalue weighted by Crippen LogP contribution is 2.46. The molecular weight excluding hydrogens is 300 g/mol. The van der Waals surface area contributed by atoms with Crippen LogP contribution in [0, 0.1) is 17.8 Å². The van der Waals surface area contributed by atoms with Crippen molar-refractivity contribution in [3.63, 3.8) is 0 Å². The van der Waals surface area contributed by atoms with Gasteiger partial charge < -0.3 is 0 Å². The molecule has 2 aliphatic rings. The molecule has 0 N–H and O–H groups in total. The van der Waals surface area contributed by atoms with Crippen molar-refractivity contribution in [2.24, 2.45) is 17.8 Å². The van der Waals surface area contributed by atoms with Crippen LogP contribution in [0.1, 0.15) is 95.1 Å². The molecule has 0 nitrogen and oxygen atoms in total. The third-order valence-electron chi connectivity index (χ3n) is 7.00. The van der Waals surface area contributed by atoms with E-state index in [4.69, 9.17) is 0 Å². The highest BCUT2D eigenvalue weighted by molar-refractivity contribution is 5.26. The van der Waals surface area contributed by atoms with Crippen molar-refractivity contribution in [2.45, 2.75) is 90.4 Å². The van der Waals surface area contributed by atoms with Crippen LogP contribution in [0.2, 0.25) is 0 Å². The first-order chi connectivity index (χ1) is 12.3. The molecule has 0 saturated heterocycles. The summed E-state index contributed by atoms with van der Waals surface area (Å²) in [5, 5.41) is 0. The Balaban J connectivity index is 1.46. The van der Waals surface area contributed by atoms with Crippen LogP contribution >= 0.6 is 0 Å². The SMILES string of the molecule is C/C=C/CCc1ccc(C2CCC(C3CCC(CCC)C3)CC2)cc1. The Morgan fingerprint density at radius 3 is 2.32 bits per heavy atom.